The molecule has 2 aromatic rings. The number of fused-ring (bicyclic) bond motifs is 1. The Morgan fingerprint density at radius 1 is 1.27 bits per heavy atom. The maximum atomic E-state index is 12.5. The molecule has 0 radical (unpaired) electrons. The third kappa shape index (κ3) is 2.36. The van der Waals surface area contributed by atoms with Gasteiger partial charge in [-0.05, 0) is 36.6 Å². The quantitative estimate of drug-likeness (QED) is 0.915. The highest BCUT2D eigenvalue weighted by Crippen LogP contribution is 2.50. The van der Waals surface area contributed by atoms with Gasteiger partial charge < -0.3 is 10.4 Å². The first kappa shape index (κ1) is 14.0. The monoisotopic (exact) mass is 313 g/mol. The fourth-order valence-electron chi connectivity index (χ4n) is 3.46. The summed E-state index contributed by atoms with van der Waals surface area (Å²) in [6.45, 7) is 2.09. The molecule has 1 amide bonds. The fraction of sp³-hybridized carbons (Fsp3) is 0.389. The largest absolute Gasteiger partial charge is 0.390 e. The molecule has 4 atom stereocenters. The van der Waals surface area contributed by atoms with Gasteiger partial charge in [-0.15, -0.1) is 11.3 Å². The molecule has 0 aliphatic heterocycles. The molecule has 3 nitrogen and oxygen atoms in total. The second-order valence-electron chi connectivity index (χ2n) is 6.35. The van der Waals surface area contributed by atoms with Crippen LogP contribution in [0.3, 0.4) is 0 Å². The van der Waals surface area contributed by atoms with E-state index >= 15 is 0 Å². The Labute approximate surface area is 134 Å². The molecule has 4 heteroatoms. The van der Waals surface area contributed by atoms with Gasteiger partial charge in [0.1, 0.15) is 0 Å². The van der Waals surface area contributed by atoms with Crippen molar-refractivity contribution < 1.29 is 9.90 Å². The zero-order chi connectivity index (χ0) is 15.3. The van der Waals surface area contributed by atoms with Crippen molar-refractivity contribution in [1.82, 2.24) is 5.32 Å². The molecule has 114 valence electrons. The average molecular weight is 313 g/mol. The van der Waals surface area contributed by atoms with Gasteiger partial charge in [0.2, 0.25) is 5.91 Å². The van der Waals surface area contributed by atoms with Gasteiger partial charge in [-0.25, -0.2) is 0 Å². The third-order valence-electron chi connectivity index (χ3n) is 4.76. The first-order chi connectivity index (χ1) is 10.6. The first-order valence-corrected chi connectivity index (χ1v) is 8.57. The molecule has 1 saturated carbocycles. The summed E-state index contributed by atoms with van der Waals surface area (Å²) < 4.78 is 0. The molecule has 2 aliphatic carbocycles. The lowest BCUT2D eigenvalue weighted by molar-refractivity contribution is -0.123. The summed E-state index contributed by atoms with van der Waals surface area (Å²) in [5.74, 6) is 0.516. The van der Waals surface area contributed by atoms with Crippen LogP contribution in [0.25, 0.3) is 0 Å². The number of aliphatic hydroxyl groups is 1. The molecular formula is C18H19NO2S. The van der Waals surface area contributed by atoms with Crippen molar-refractivity contribution >= 4 is 17.2 Å². The number of carbonyl (C=O) groups excluding carboxylic acids is 1. The van der Waals surface area contributed by atoms with Crippen LogP contribution < -0.4 is 5.32 Å². The summed E-state index contributed by atoms with van der Waals surface area (Å²) >= 11 is 1.78. The molecular weight excluding hydrogens is 294 g/mol. The lowest BCUT2D eigenvalue weighted by atomic mass is 10.1. The SMILES string of the molecule is Cc1ccc(C2CC2C(=O)NC2c3ccccc3CC2O)s1. The highest BCUT2D eigenvalue weighted by molar-refractivity contribution is 7.12. The van der Waals surface area contributed by atoms with Crippen LogP contribution in [0.2, 0.25) is 0 Å². The molecule has 1 aromatic heterocycles. The minimum Gasteiger partial charge on any atom is -0.390 e. The Morgan fingerprint density at radius 2 is 2.09 bits per heavy atom. The van der Waals surface area contributed by atoms with E-state index in [1.807, 2.05) is 24.3 Å². The molecule has 0 saturated heterocycles. The van der Waals surface area contributed by atoms with Crippen LogP contribution in [0.1, 0.15) is 39.3 Å². The summed E-state index contributed by atoms with van der Waals surface area (Å²) in [4.78, 5) is 15.1. The van der Waals surface area contributed by atoms with Crippen LogP contribution in [0.15, 0.2) is 36.4 Å². The average Bonchev–Trinajstić information content (AvgIpc) is 3.10. The van der Waals surface area contributed by atoms with Crippen molar-refractivity contribution in [3.8, 4) is 0 Å². The van der Waals surface area contributed by atoms with Gasteiger partial charge in [-0.1, -0.05) is 24.3 Å². The minimum absolute atomic E-state index is 0.0676. The van der Waals surface area contributed by atoms with Crippen LogP contribution in [0.5, 0.6) is 0 Å². The number of thiophene rings is 1. The number of benzene rings is 1. The molecule has 4 rings (SSSR count). The first-order valence-electron chi connectivity index (χ1n) is 7.76. The molecule has 1 heterocycles. The number of hydrogen-bond acceptors (Lipinski definition) is 3. The molecule has 2 N–H and O–H groups in total. The molecule has 0 bridgehead atoms. The van der Waals surface area contributed by atoms with Gasteiger partial charge in [-0.2, -0.15) is 0 Å². The minimum atomic E-state index is -0.512. The van der Waals surface area contributed by atoms with Crippen molar-refractivity contribution in [1.29, 1.82) is 0 Å². The van der Waals surface area contributed by atoms with E-state index in [-0.39, 0.29) is 17.9 Å². The molecule has 2 aliphatic rings. The van der Waals surface area contributed by atoms with Crippen molar-refractivity contribution in [2.24, 2.45) is 5.92 Å². The van der Waals surface area contributed by atoms with E-state index < -0.39 is 6.10 Å². The van der Waals surface area contributed by atoms with Gasteiger partial charge in [-0.3, -0.25) is 4.79 Å². The Kier molecular flexibility index (Phi) is 3.31. The summed E-state index contributed by atoms with van der Waals surface area (Å²) in [7, 11) is 0. The molecule has 0 spiro atoms. The maximum Gasteiger partial charge on any atom is 0.224 e. The van der Waals surface area contributed by atoms with Crippen molar-refractivity contribution in [2.75, 3.05) is 0 Å². The molecule has 22 heavy (non-hydrogen) atoms. The van der Waals surface area contributed by atoms with E-state index in [0.29, 0.717) is 12.3 Å². The second kappa shape index (κ2) is 5.21. The number of aryl methyl sites for hydroxylation is 1. The Bertz CT molecular complexity index is 723. The summed E-state index contributed by atoms with van der Waals surface area (Å²) in [5, 5.41) is 13.3. The van der Waals surface area contributed by atoms with Gasteiger partial charge in [0, 0.05) is 28.0 Å². The third-order valence-corrected chi connectivity index (χ3v) is 5.89. The Hall–Kier alpha value is -1.65. The number of amides is 1. The van der Waals surface area contributed by atoms with Gasteiger partial charge >= 0.3 is 0 Å². The summed E-state index contributed by atoms with van der Waals surface area (Å²) in [6, 6.07) is 12.0. The van der Waals surface area contributed by atoms with E-state index in [1.54, 1.807) is 11.3 Å². The number of nitrogens with one attached hydrogen (secondary N) is 1. The van der Waals surface area contributed by atoms with Crippen LogP contribution in [-0.4, -0.2) is 17.1 Å². The molecule has 1 aromatic carbocycles. The second-order valence-corrected chi connectivity index (χ2v) is 7.67. The van der Waals surface area contributed by atoms with E-state index in [1.165, 1.54) is 9.75 Å². The topological polar surface area (TPSA) is 49.3 Å². The predicted molar refractivity (Wildman–Crippen MR) is 86.9 cm³/mol. The highest BCUT2D eigenvalue weighted by Gasteiger charge is 2.46. The van der Waals surface area contributed by atoms with Crippen molar-refractivity contribution in [3.63, 3.8) is 0 Å². The number of rotatable bonds is 3. The number of carbonyl (C=O) groups is 1. The molecule has 1 fully saturated rings. The highest BCUT2D eigenvalue weighted by atomic mass is 32.1. The van der Waals surface area contributed by atoms with Crippen LogP contribution in [0, 0.1) is 12.8 Å². The van der Waals surface area contributed by atoms with Crippen LogP contribution >= 0.6 is 11.3 Å². The summed E-state index contributed by atoms with van der Waals surface area (Å²) in [6.07, 6.45) is 1.04. The molecule has 4 unspecified atom stereocenters. The Morgan fingerprint density at radius 3 is 2.86 bits per heavy atom. The van der Waals surface area contributed by atoms with E-state index in [9.17, 15) is 9.90 Å². The smallest absolute Gasteiger partial charge is 0.224 e. The lowest BCUT2D eigenvalue weighted by Gasteiger charge is -2.18. The lowest BCUT2D eigenvalue weighted by Crippen LogP contribution is -2.35. The van der Waals surface area contributed by atoms with Gasteiger partial charge in [0.15, 0.2) is 0 Å². The van der Waals surface area contributed by atoms with E-state index in [2.05, 4.69) is 24.4 Å². The zero-order valence-electron chi connectivity index (χ0n) is 12.5. The summed E-state index contributed by atoms with van der Waals surface area (Å²) in [5.41, 5.74) is 2.20. The fourth-order valence-corrected chi connectivity index (χ4v) is 4.52. The van der Waals surface area contributed by atoms with Crippen molar-refractivity contribution in [3.05, 3.63) is 57.3 Å². The standard InChI is InChI=1S/C18H19NO2S/c1-10-6-7-16(22-10)13-9-14(13)18(21)19-17-12-5-3-2-4-11(12)8-15(17)20/h2-7,13-15,17,20H,8-9H2,1H3,(H,19,21). The van der Waals surface area contributed by atoms with Crippen LogP contribution in [-0.2, 0) is 11.2 Å². The number of hydrogen-bond donors (Lipinski definition) is 2. The predicted octanol–water partition coefficient (Wildman–Crippen LogP) is 2.93. The van der Waals surface area contributed by atoms with Crippen LogP contribution in [0.4, 0.5) is 0 Å². The normalized spacial score (nSPS) is 29.2. The maximum absolute atomic E-state index is 12.5. The number of aliphatic hydroxyl groups excluding tert-OH is 1. The zero-order valence-corrected chi connectivity index (χ0v) is 13.3. The van der Waals surface area contributed by atoms with Gasteiger partial charge in [0.25, 0.3) is 0 Å². The Balaban J connectivity index is 1.45. The van der Waals surface area contributed by atoms with E-state index in [0.717, 1.165) is 17.5 Å². The van der Waals surface area contributed by atoms with Gasteiger partial charge in [0.05, 0.1) is 12.1 Å². The van der Waals surface area contributed by atoms with E-state index in [4.69, 9.17) is 0 Å². The van der Waals surface area contributed by atoms with Crippen molar-refractivity contribution in [2.45, 2.75) is 37.8 Å².